The summed E-state index contributed by atoms with van der Waals surface area (Å²) in [4.78, 5) is 0. The Bertz CT molecular complexity index is 729. The zero-order valence-corrected chi connectivity index (χ0v) is 12.4. The highest BCUT2D eigenvalue weighted by molar-refractivity contribution is 9.10. The molecule has 0 heterocycles. The zero-order chi connectivity index (χ0) is 13.9. The van der Waals surface area contributed by atoms with Crippen LogP contribution < -0.4 is 10.5 Å². The lowest BCUT2D eigenvalue weighted by Crippen LogP contribution is -2.01. The van der Waals surface area contributed by atoms with E-state index in [1.165, 1.54) is 5.39 Å². The van der Waals surface area contributed by atoms with E-state index in [9.17, 15) is 0 Å². The van der Waals surface area contributed by atoms with Crippen LogP contribution in [0, 0.1) is 0 Å². The lowest BCUT2D eigenvalue weighted by molar-refractivity contribution is 0.310. The average molecular weight is 328 g/mol. The Hall–Kier alpha value is -2.00. The molecule has 2 nitrogen and oxygen atoms in total. The summed E-state index contributed by atoms with van der Waals surface area (Å²) in [5.74, 6) is 0.873. The van der Waals surface area contributed by atoms with Crippen molar-refractivity contribution in [2.24, 2.45) is 0 Å². The smallest absolute Gasteiger partial charge is 0.127 e. The summed E-state index contributed by atoms with van der Waals surface area (Å²) in [5.41, 5.74) is 7.70. The van der Waals surface area contributed by atoms with Crippen molar-refractivity contribution in [2.45, 2.75) is 6.61 Å². The first-order chi connectivity index (χ1) is 9.75. The van der Waals surface area contributed by atoms with Crippen LogP contribution in [0.25, 0.3) is 10.8 Å². The normalized spacial score (nSPS) is 10.7. The predicted molar refractivity (Wildman–Crippen MR) is 86.8 cm³/mol. The molecule has 3 heteroatoms. The van der Waals surface area contributed by atoms with Crippen LogP contribution >= 0.6 is 15.9 Å². The molecule has 0 aromatic heterocycles. The number of halogens is 1. The molecule has 3 aromatic rings. The second-order valence-corrected chi connectivity index (χ2v) is 5.43. The van der Waals surface area contributed by atoms with Gasteiger partial charge in [-0.15, -0.1) is 0 Å². The molecule has 0 unspecified atom stereocenters. The van der Waals surface area contributed by atoms with Crippen molar-refractivity contribution in [1.82, 2.24) is 0 Å². The molecule has 3 rings (SSSR count). The van der Waals surface area contributed by atoms with Crippen LogP contribution in [0.2, 0.25) is 0 Å². The second-order valence-electron chi connectivity index (χ2n) is 4.57. The van der Waals surface area contributed by atoms with Gasteiger partial charge in [-0.25, -0.2) is 0 Å². The Labute approximate surface area is 126 Å². The SMILES string of the molecule is Nc1cccc(Br)c1COc1cccc2ccccc12. The number of benzene rings is 3. The van der Waals surface area contributed by atoms with Crippen molar-refractivity contribution < 1.29 is 4.74 Å². The number of fused-ring (bicyclic) bond motifs is 1. The molecule has 2 N–H and O–H groups in total. The van der Waals surface area contributed by atoms with E-state index >= 15 is 0 Å². The zero-order valence-electron chi connectivity index (χ0n) is 10.8. The van der Waals surface area contributed by atoms with E-state index < -0.39 is 0 Å². The molecule has 0 saturated carbocycles. The van der Waals surface area contributed by atoms with Crippen molar-refractivity contribution in [2.75, 3.05) is 5.73 Å². The predicted octanol–water partition coefficient (Wildman–Crippen LogP) is 4.76. The first-order valence-electron chi connectivity index (χ1n) is 6.39. The third-order valence-corrected chi connectivity index (χ3v) is 4.02. The Morgan fingerprint density at radius 1 is 0.900 bits per heavy atom. The van der Waals surface area contributed by atoms with Crippen molar-refractivity contribution in [3.05, 3.63) is 70.7 Å². The molecule has 0 bridgehead atoms. The Balaban J connectivity index is 1.91. The van der Waals surface area contributed by atoms with Gasteiger partial charge in [0.25, 0.3) is 0 Å². The maximum atomic E-state index is 5.99. The third kappa shape index (κ3) is 2.49. The van der Waals surface area contributed by atoms with Crippen LogP contribution in [0.5, 0.6) is 5.75 Å². The molecule has 0 spiro atoms. The molecule has 0 atom stereocenters. The minimum absolute atomic E-state index is 0.446. The topological polar surface area (TPSA) is 35.2 Å². The Kier molecular flexibility index (Phi) is 3.61. The molecule has 0 aliphatic rings. The molecule has 0 fully saturated rings. The van der Waals surface area contributed by atoms with Gasteiger partial charge in [0.1, 0.15) is 12.4 Å². The van der Waals surface area contributed by atoms with Crippen LogP contribution in [-0.2, 0) is 6.61 Å². The van der Waals surface area contributed by atoms with Gasteiger partial charge in [-0.3, -0.25) is 0 Å². The van der Waals surface area contributed by atoms with Crippen molar-refractivity contribution in [1.29, 1.82) is 0 Å². The first-order valence-corrected chi connectivity index (χ1v) is 7.18. The number of hydrogen-bond donors (Lipinski definition) is 1. The monoisotopic (exact) mass is 327 g/mol. The van der Waals surface area contributed by atoms with Crippen LogP contribution in [-0.4, -0.2) is 0 Å². The van der Waals surface area contributed by atoms with Crippen LogP contribution in [0.3, 0.4) is 0 Å². The maximum absolute atomic E-state index is 5.99. The quantitative estimate of drug-likeness (QED) is 0.703. The van der Waals surface area contributed by atoms with Gasteiger partial charge in [-0.05, 0) is 23.6 Å². The van der Waals surface area contributed by atoms with Crippen LogP contribution in [0.1, 0.15) is 5.56 Å². The highest BCUT2D eigenvalue weighted by Crippen LogP contribution is 2.28. The number of hydrogen-bond acceptors (Lipinski definition) is 2. The van der Waals surface area contributed by atoms with Gasteiger partial charge in [0.2, 0.25) is 0 Å². The van der Waals surface area contributed by atoms with Crippen molar-refractivity contribution in [3.8, 4) is 5.75 Å². The van der Waals surface area contributed by atoms with E-state index in [0.717, 1.165) is 26.9 Å². The molecular weight excluding hydrogens is 314 g/mol. The van der Waals surface area contributed by atoms with E-state index in [-0.39, 0.29) is 0 Å². The van der Waals surface area contributed by atoms with E-state index in [0.29, 0.717) is 6.61 Å². The molecule has 0 radical (unpaired) electrons. The van der Waals surface area contributed by atoms with E-state index in [2.05, 4.69) is 34.1 Å². The van der Waals surface area contributed by atoms with Gasteiger partial charge >= 0.3 is 0 Å². The summed E-state index contributed by atoms with van der Waals surface area (Å²) in [6, 6.07) is 20.0. The van der Waals surface area contributed by atoms with Gasteiger partial charge in [0.05, 0.1) is 0 Å². The first kappa shape index (κ1) is 13.0. The van der Waals surface area contributed by atoms with Gasteiger partial charge in [-0.1, -0.05) is 58.4 Å². The molecule has 0 aliphatic heterocycles. The van der Waals surface area contributed by atoms with Gasteiger partial charge < -0.3 is 10.5 Å². The van der Waals surface area contributed by atoms with E-state index in [1.54, 1.807) is 0 Å². The van der Waals surface area contributed by atoms with Crippen molar-refractivity contribution >= 4 is 32.4 Å². The maximum Gasteiger partial charge on any atom is 0.127 e. The number of rotatable bonds is 3. The standard InChI is InChI=1S/C17H14BrNO/c18-15-8-4-9-16(19)14(15)11-20-17-10-3-6-12-5-1-2-7-13(12)17/h1-10H,11,19H2. The van der Waals surface area contributed by atoms with Crippen molar-refractivity contribution in [3.63, 3.8) is 0 Å². The number of ether oxygens (including phenoxy) is 1. The molecule has 100 valence electrons. The van der Waals surface area contributed by atoms with E-state index in [4.69, 9.17) is 10.5 Å². The molecular formula is C17H14BrNO. The minimum Gasteiger partial charge on any atom is -0.488 e. The molecule has 3 aromatic carbocycles. The number of anilines is 1. The lowest BCUT2D eigenvalue weighted by Gasteiger charge is -2.12. The van der Waals surface area contributed by atoms with Gasteiger partial charge in [-0.2, -0.15) is 0 Å². The highest BCUT2D eigenvalue weighted by Gasteiger charge is 2.06. The Morgan fingerprint density at radius 3 is 2.50 bits per heavy atom. The molecule has 0 amide bonds. The summed E-state index contributed by atoms with van der Waals surface area (Å²) in [6.45, 7) is 0.446. The average Bonchev–Trinajstić information content (AvgIpc) is 2.47. The fourth-order valence-corrected chi connectivity index (χ4v) is 2.70. The molecule has 0 aliphatic carbocycles. The number of nitrogens with two attached hydrogens (primary N) is 1. The summed E-state index contributed by atoms with van der Waals surface area (Å²) in [7, 11) is 0. The van der Waals surface area contributed by atoms with Crippen LogP contribution in [0.4, 0.5) is 5.69 Å². The van der Waals surface area contributed by atoms with Gasteiger partial charge in [0, 0.05) is 21.1 Å². The van der Waals surface area contributed by atoms with Crippen LogP contribution in [0.15, 0.2) is 65.1 Å². The Morgan fingerprint density at radius 2 is 1.65 bits per heavy atom. The lowest BCUT2D eigenvalue weighted by atomic mass is 10.1. The molecule has 20 heavy (non-hydrogen) atoms. The summed E-state index contributed by atoms with van der Waals surface area (Å²) in [6.07, 6.45) is 0. The van der Waals surface area contributed by atoms with E-state index in [1.807, 2.05) is 42.5 Å². The fraction of sp³-hybridized carbons (Fsp3) is 0.0588. The summed E-state index contributed by atoms with van der Waals surface area (Å²) >= 11 is 3.51. The highest BCUT2D eigenvalue weighted by atomic mass is 79.9. The third-order valence-electron chi connectivity index (χ3n) is 3.28. The summed E-state index contributed by atoms with van der Waals surface area (Å²) in [5, 5.41) is 2.28. The fourth-order valence-electron chi connectivity index (χ4n) is 2.20. The minimum atomic E-state index is 0.446. The summed E-state index contributed by atoms with van der Waals surface area (Å²) < 4.78 is 6.93. The molecule has 0 saturated heterocycles. The number of nitrogen functional groups attached to an aromatic ring is 1. The second kappa shape index (κ2) is 5.55. The van der Waals surface area contributed by atoms with Gasteiger partial charge in [0.15, 0.2) is 0 Å². The largest absolute Gasteiger partial charge is 0.488 e.